The number of rotatable bonds is 4. The van der Waals surface area contributed by atoms with Crippen LogP contribution in [0.15, 0.2) is 10.2 Å². The van der Waals surface area contributed by atoms with Gasteiger partial charge in [-0.05, 0) is 6.92 Å². The smallest absolute Gasteiger partial charge is 0.407 e. The van der Waals surface area contributed by atoms with Crippen LogP contribution in [-0.4, -0.2) is 82.0 Å². The van der Waals surface area contributed by atoms with Crippen LogP contribution in [-0.2, 0) is 4.74 Å². The zero-order valence-electron chi connectivity index (χ0n) is 14.0. The molecule has 0 aromatic carbocycles. The molecule has 0 unspecified atom stereocenters. The summed E-state index contributed by atoms with van der Waals surface area (Å²) in [6.45, 7) is 2.08. The third-order valence-electron chi connectivity index (χ3n) is 5.18. The molecule has 0 aromatic rings. The Morgan fingerprint density at radius 2 is 2.15 bits per heavy atom. The summed E-state index contributed by atoms with van der Waals surface area (Å²) in [6, 6.07) is -1.36. The summed E-state index contributed by atoms with van der Waals surface area (Å²) in [5.41, 5.74) is -2.06. The van der Waals surface area contributed by atoms with Gasteiger partial charge in [-0.1, -0.05) is 0 Å². The van der Waals surface area contributed by atoms with Gasteiger partial charge in [-0.15, -0.1) is 0 Å². The fourth-order valence-electron chi connectivity index (χ4n) is 3.77. The van der Waals surface area contributed by atoms with E-state index in [0.29, 0.717) is 0 Å². The second kappa shape index (κ2) is 5.17. The maximum Gasteiger partial charge on any atom is 0.407 e. The predicted molar refractivity (Wildman–Crippen MR) is 86.3 cm³/mol. The van der Waals surface area contributed by atoms with Crippen molar-refractivity contribution in [2.45, 2.75) is 42.5 Å². The zero-order valence-corrected chi connectivity index (χ0v) is 14.0. The van der Waals surface area contributed by atoms with Gasteiger partial charge in [-0.2, -0.15) is 10.2 Å². The first-order valence-electron chi connectivity index (χ1n) is 8.22. The number of guanidine groups is 2. The van der Waals surface area contributed by atoms with Crippen molar-refractivity contribution in [2.24, 2.45) is 10.2 Å². The Labute approximate surface area is 148 Å². The fraction of sp³-hybridized carbons (Fsp3) is 0.769. The summed E-state index contributed by atoms with van der Waals surface area (Å²) in [7, 11) is 0. The summed E-state index contributed by atoms with van der Waals surface area (Å²) in [5.74, 6) is -2.29. The molecule has 0 aliphatic carbocycles. The van der Waals surface area contributed by atoms with Crippen molar-refractivity contribution in [3.63, 3.8) is 0 Å². The molecule has 0 aromatic heterocycles. The fourth-order valence-corrected chi connectivity index (χ4v) is 3.77. The number of amides is 1. The van der Waals surface area contributed by atoms with Crippen molar-refractivity contribution in [1.29, 1.82) is 10.8 Å². The first-order valence-corrected chi connectivity index (χ1v) is 8.22. The Morgan fingerprint density at radius 1 is 1.42 bits per heavy atom. The molecule has 4 rings (SSSR count). The van der Waals surface area contributed by atoms with Crippen molar-refractivity contribution in [2.75, 3.05) is 19.7 Å². The molecule has 8 N–H and O–H groups in total. The number of alkyl carbamates (subject to hydrolysis) is 1. The third kappa shape index (κ3) is 2.34. The van der Waals surface area contributed by atoms with E-state index in [2.05, 4.69) is 31.5 Å². The summed E-state index contributed by atoms with van der Waals surface area (Å²) in [5, 5.41) is 55.7. The van der Waals surface area contributed by atoms with E-state index >= 15 is 0 Å². The average Bonchev–Trinajstić information content (AvgIpc) is 3.09. The summed E-state index contributed by atoms with van der Waals surface area (Å²) in [6.07, 6.45) is -0.658. The lowest BCUT2D eigenvalue weighted by molar-refractivity contribution is -0.223. The van der Waals surface area contributed by atoms with Gasteiger partial charge in [0.25, 0.3) is 0 Å². The SMILES string of the molecule is CC1(CNC(=O)OC[C@@H]2NC(=N)N3CCC(O)(O)[C@@]34NC(=N)N[C@@H]24)N=N1. The van der Waals surface area contributed by atoms with Crippen molar-refractivity contribution >= 4 is 18.0 Å². The highest BCUT2D eigenvalue weighted by atomic mass is 16.5. The maximum absolute atomic E-state index is 11.9. The Balaban J connectivity index is 1.46. The van der Waals surface area contributed by atoms with E-state index in [9.17, 15) is 15.0 Å². The molecule has 4 aliphatic rings. The number of ether oxygens (including phenoxy) is 1. The number of nitrogens with zero attached hydrogens (tertiary/aromatic N) is 3. The van der Waals surface area contributed by atoms with Crippen LogP contribution in [0, 0.1) is 10.8 Å². The number of nitrogens with one attached hydrogen (secondary N) is 6. The molecule has 3 atom stereocenters. The molecular formula is C13H21N9O4. The number of carbonyl (C=O) groups is 1. The van der Waals surface area contributed by atoms with E-state index in [1.807, 2.05) is 0 Å². The van der Waals surface area contributed by atoms with Crippen LogP contribution >= 0.6 is 0 Å². The standard InChI is InChI=1S/C13H21N9O4/c1-11(20-21-11)5-16-10(23)26-4-6-7-13(19-8(14)18-7)12(24,25)2-3-22(13)9(15)17-6/h6-7,24-25H,2-5H2,1H3,(H2,15,17)(H,16,23)(H3,14,18,19)/t6-,7-,13-/m0/s1. The van der Waals surface area contributed by atoms with E-state index in [-0.39, 0.29) is 38.0 Å². The summed E-state index contributed by atoms with van der Waals surface area (Å²) >= 11 is 0. The van der Waals surface area contributed by atoms with Gasteiger partial charge < -0.3 is 41.1 Å². The second-order valence-corrected chi connectivity index (χ2v) is 7.08. The summed E-state index contributed by atoms with van der Waals surface area (Å²) < 4.78 is 5.20. The Morgan fingerprint density at radius 3 is 2.85 bits per heavy atom. The molecule has 4 aliphatic heterocycles. The van der Waals surface area contributed by atoms with Crippen molar-refractivity contribution in [1.82, 2.24) is 26.2 Å². The zero-order chi connectivity index (χ0) is 18.7. The monoisotopic (exact) mass is 367 g/mol. The molecule has 0 saturated carbocycles. The van der Waals surface area contributed by atoms with E-state index < -0.39 is 35.3 Å². The average molecular weight is 367 g/mol. The molecule has 26 heavy (non-hydrogen) atoms. The molecule has 13 nitrogen and oxygen atoms in total. The van der Waals surface area contributed by atoms with Gasteiger partial charge in [-0.25, -0.2) is 4.79 Å². The molecule has 3 fully saturated rings. The first kappa shape index (κ1) is 16.8. The largest absolute Gasteiger partial charge is 0.447 e. The first-order chi connectivity index (χ1) is 12.2. The minimum absolute atomic E-state index is 0.00909. The van der Waals surface area contributed by atoms with E-state index in [1.165, 1.54) is 4.90 Å². The van der Waals surface area contributed by atoms with Gasteiger partial charge in [0.15, 0.2) is 17.6 Å². The highest BCUT2D eigenvalue weighted by Crippen LogP contribution is 2.42. The normalized spacial score (nSPS) is 35.0. The molecule has 3 saturated heterocycles. The maximum atomic E-state index is 11.9. The molecule has 13 heteroatoms. The van der Waals surface area contributed by atoms with Crippen LogP contribution in [0.1, 0.15) is 13.3 Å². The van der Waals surface area contributed by atoms with Crippen LogP contribution < -0.4 is 21.3 Å². The van der Waals surface area contributed by atoms with Crippen LogP contribution in [0.3, 0.4) is 0 Å². The van der Waals surface area contributed by atoms with E-state index in [4.69, 9.17) is 15.6 Å². The molecule has 0 bridgehead atoms. The minimum Gasteiger partial charge on any atom is -0.447 e. The van der Waals surface area contributed by atoms with Gasteiger partial charge in [-0.3, -0.25) is 10.8 Å². The Hall–Kier alpha value is -2.67. The number of carbonyl (C=O) groups excluding carboxylic acids is 1. The van der Waals surface area contributed by atoms with Gasteiger partial charge in [0, 0.05) is 13.0 Å². The number of hydrogen-bond acceptors (Lipinski definition) is 8. The van der Waals surface area contributed by atoms with Crippen LogP contribution in [0.4, 0.5) is 4.79 Å². The van der Waals surface area contributed by atoms with Gasteiger partial charge in [0.1, 0.15) is 6.61 Å². The number of hydrogen-bond donors (Lipinski definition) is 8. The molecule has 1 spiro atoms. The predicted octanol–water partition coefficient (Wildman–Crippen LogP) is -2.62. The van der Waals surface area contributed by atoms with E-state index in [1.54, 1.807) is 6.92 Å². The third-order valence-corrected chi connectivity index (χ3v) is 5.18. The van der Waals surface area contributed by atoms with Crippen LogP contribution in [0.25, 0.3) is 0 Å². The Kier molecular flexibility index (Phi) is 3.34. The van der Waals surface area contributed by atoms with Crippen molar-refractivity contribution in [3.05, 3.63) is 0 Å². The highest BCUT2D eigenvalue weighted by molar-refractivity contribution is 5.87. The molecule has 142 valence electrons. The summed E-state index contributed by atoms with van der Waals surface area (Å²) in [4.78, 5) is 13.3. The number of aliphatic hydroxyl groups is 2. The molecule has 1 amide bonds. The van der Waals surface area contributed by atoms with Crippen molar-refractivity contribution in [3.8, 4) is 0 Å². The quantitative estimate of drug-likeness (QED) is 0.248. The highest BCUT2D eigenvalue weighted by Gasteiger charge is 2.70. The lowest BCUT2D eigenvalue weighted by Gasteiger charge is -2.51. The molecule has 0 radical (unpaired) electrons. The van der Waals surface area contributed by atoms with Crippen molar-refractivity contribution < 1.29 is 19.7 Å². The molecular weight excluding hydrogens is 346 g/mol. The van der Waals surface area contributed by atoms with E-state index in [0.717, 1.165) is 0 Å². The van der Waals surface area contributed by atoms with Gasteiger partial charge in [0.2, 0.25) is 11.4 Å². The van der Waals surface area contributed by atoms with Crippen LogP contribution in [0.5, 0.6) is 0 Å². The Bertz CT molecular complexity index is 704. The minimum atomic E-state index is -2.16. The lowest BCUT2D eigenvalue weighted by atomic mass is 9.86. The van der Waals surface area contributed by atoms with Crippen LogP contribution in [0.2, 0.25) is 0 Å². The topological polar surface area (TPSA) is 191 Å². The van der Waals surface area contributed by atoms with Gasteiger partial charge >= 0.3 is 6.09 Å². The lowest BCUT2D eigenvalue weighted by Crippen LogP contribution is -2.80. The second-order valence-electron chi connectivity index (χ2n) is 7.08. The van der Waals surface area contributed by atoms with Gasteiger partial charge in [0.05, 0.1) is 18.6 Å². The molecule has 4 heterocycles.